The van der Waals surface area contributed by atoms with Crippen LogP contribution in [-0.4, -0.2) is 4.98 Å². The van der Waals surface area contributed by atoms with E-state index in [1.807, 2.05) is 43.3 Å². The molecule has 0 radical (unpaired) electrons. The fourth-order valence-electron chi connectivity index (χ4n) is 2.43. The first-order valence-electron chi connectivity index (χ1n) is 6.62. The van der Waals surface area contributed by atoms with Crippen LogP contribution < -0.4 is 5.73 Å². The summed E-state index contributed by atoms with van der Waals surface area (Å²) >= 11 is 3.52. The van der Waals surface area contributed by atoms with Crippen molar-refractivity contribution in [3.8, 4) is 0 Å². The number of fused-ring (bicyclic) bond motifs is 1. The molecule has 0 saturated carbocycles. The summed E-state index contributed by atoms with van der Waals surface area (Å²) in [4.78, 5) is 4.62. The maximum absolute atomic E-state index is 13.6. The largest absolute Gasteiger partial charge is 0.319 e. The number of nitrogens with two attached hydrogens (primary N) is 1. The Morgan fingerprint density at radius 2 is 1.90 bits per heavy atom. The van der Waals surface area contributed by atoms with Crippen LogP contribution in [0, 0.1) is 12.7 Å². The average Bonchev–Trinajstić information content (AvgIpc) is 2.44. The second-order valence-electron chi connectivity index (χ2n) is 5.09. The van der Waals surface area contributed by atoms with E-state index in [0.717, 1.165) is 26.5 Å². The van der Waals surface area contributed by atoms with Crippen LogP contribution in [0.15, 0.2) is 53.0 Å². The highest BCUT2D eigenvalue weighted by molar-refractivity contribution is 9.10. The van der Waals surface area contributed by atoms with Gasteiger partial charge in [0.25, 0.3) is 0 Å². The highest BCUT2D eigenvalue weighted by Crippen LogP contribution is 2.29. The Hall–Kier alpha value is -1.78. The van der Waals surface area contributed by atoms with E-state index in [-0.39, 0.29) is 5.82 Å². The number of aromatic nitrogens is 1. The molecular formula is C17H14BrFN2. The molecule has 1 atom stereocenters. The molecule has 21 heavy (non-hydrogen) atoms. The standard InChI is InChI=1S/C17H14BrFN2/c1-10-6-12(8-13(19)7-10)16(20)17-14(18)9-11-4-2-3-5-15(11)21-17/h2-9,16H,20H2,1H3. The van der Waals surface area contributed by atoms with Crippen molar-refractivity contribution in [1.29, 1.82) is 0 Å². The number of hydrogen-bond donors (Lipinski definition) is 1. The zero-order chi connectivity index (χ0) is 15.0. The predicted molar refractivity (Wildman–Crippen MR) is 86.6 cm³/mol. The van der Waals surface area contributed by atoms with Crippen LogP contribution in [0.25, 0.3) is 10.9 Å². The summed E-state index contributed by atoms with van der Waals surface area (Å²) in [6, 6.07) is 14.2. The van der Waals surface area contributed by atoms with E-state index in [1.165, 1.54) is 12.1 Å². The maximum atomic E-state index is 13.6. The van der Waals surface area contributed by atoms with Gasteiger partial charge >= 0.3 is 0 Å². The fraction of sp³-hybridized carbons (Fsp3) is 0.118. The van der Waals surface area contributed by atoms with Crippen molar-refractivity contribution < 1.29 is 4.39 Å². The molecule has 4 heteroatoms. The number of para-hydroxylation sites is 1. The van der Waals surface area contributed by atoms with E-state index >= 15 is 0 Å². The van der Waals surface area contributed by atoms with Crippen molar-refractivity contribution in [3.05, 3.63) is 75.6 Å². The summed E-state index contributed by atoms with van der Waals surface area (Å²) in [5.74, 6) is -0.280. The summed E-state index contributed by atoms with van der Waals surface area (Å²) in [7, 11) is 0. The van der Waals surface area contributed by atoms with Gasteiger partial charge in [0.1, 0.15) is 5.82 Å². The average molecular weight is 345 g/mol. The molecule has 2 N–H and O–H groups in total. The van der Waals surface area contributed by atoms with Gasteiger partial charge in [-0.3, -0.25) is 0 Å². The van der Waals surface area contributed by atoms with E-state index < -0.39 is 6.04 Å². The predicted octanol–water partition coefficient (Wildman–Crippen LogP) is 4.49. The zero-order valence-corrected chi connectivity index (χ0v) is 13.1. The van der Waals surface area contributed by atoms with E-state index in [2.05, 4.69) is 20.9 Å². The van der Waals surface area contributed by atoms with Gasteiger partial charge < -0.3 is 5.73 Å². The van der Waals surface area contributed by atoms with Gasteiger partial charge in [-0.25, -0.2) is 9.37 Å². The highest BCUT2D eigenvalue weighted by atomic mass is 79.9. The second-order valence-corrected chi connectivity index (χ2v) is 5.94. The lowest BCUT2D eigenvalue weighted by Gasteiger charge is -2.15. The molecule has 2 aromatic carbocycles. The summed E-state index contributed by atoms with van der Waals surface area (Å²) in [5.41, 5.74) is 9.43. The third-order valence-electron chi connectivity index (χ3n) is 3.42. The molecule has 1 aromatic heterocycles. The van der Waals surface area contributed by atoms with Crippen LogP contribution >= 0.6 is 15.9 Å². The molecule has 3 aromatic rings. The minimum Gasteiger partial charge on any atom is -0.319 e. The number of aryl methyl sites for hydroxylation is 1. The van der Waals surface area contributed by atoms with Crippen molar-refractivity contribution in [2.45, 2.75) is 13.0 Å². The van der Waals surface area contributed by atoms with Crippen LogP contribution in [0.2, 0.25) is 0 Å². The molecule has 0 fully saturated rings. The van der Waals surface area contributed by atoms with Crippen LogP contribution in [0.3, 0.4) is 0 Å². The van der Waals surface area contributed by atoms with Crippen LogP contribution in [0.5, 0.6) is 0 Å². The first-order chi connectivity index (χ1) is 10.0. The van der Waals surface area contributed by atoms with Crippen molar-refractivity contribution in [2.75, 3.05) is 0 Å². The Kier molecular flexibility index (Phi) is 3.74. The summed E-state index contributed by atoms with van der Waals surface area (Å²) < 4.78 is 14.4. The molecule has 1 heterocycles. The summed E-state index contributed by atoms with van der Waals surface area (Å²) in [6.07, 6.45) is 0. The molecule has 0 aliphatic rings. The zero-order valence-electron chi connectivity index (χ0n) is 11.5. The number of benzene rings is 2. The lowest BCUT2D eigenvalue weighted by molar-refractivity contribution is 0.621. The number of halogens is 2. The lowest BCUT2D eigenvalue weighted by Crippen LogP contribution is -2.15. The normalized spacial score (nSPS) is 12.6. The number of nitrogens with zero attached hydrogens (tertiary/aromatic N) is 1. The summed E-state index contributed by atoms with van der Waals surface area (Å²) in [6.45, 7) is 1.85. The molecule has 0 spiro atoms. The monoisotopic (exact) mass is 344 g/mol. The lowest BCUT2D eigenvalue weighted by atomic mass is 10.0. The van der Waals surface area contributed by atoms with Crippen molar-refractivity contribution in [2.24, 2.45) is 5.73 Å². The molecule has 106 valence electrons. The number of hydrogen-bond acceptors (Lipinski definition) is 2. The smallest absolute Gasteiger partial charge is 0.123 e. The molecule has 0 aliphatic carbocycles. The second kappa shape index (κ2) is 5.54. The Balaban J connectivity index is 2.12. The first-order valence-corrected chi connectivity index (χ1v) is 7.42. The van der Waals surface area contributed by atoms with Gasteiger partial charge in [-0.1, -0.05) is 24.3 Å². The van der Waals surface area contributed by atoms with Gasteiger partial charge in [0.2, 0.25) is 0 Å². The van der Waals surface area contributed by atoms with E-state index in [0.29, 0.717) is 5.69 Å². The molecule has 3 rings (SSSR count). The van der Waals surface area contributed by atoms with Crippen molar-refractivity contribution in [1.82, 2.24) is 4.98 Å². The molecular weight excluding hydrogens is 331 g/mol. The Morgan fingerprint density at radius 1 is 1.14 bits per heavy atom. The van der Waals surface area contributed by atoms with Crippen molar-refractivity contribution >= 4 is 26.8 Å². The number of rotatable bonds is 2. The topological polar surface area (TPSA) is 38.9 Å². The molecule has 1 unspecified atom stereocenters. The van der Waals surface area contributed by atoms with Crippen LogP contribution in [-0.2, 0) is 0 Å². The molecule has 2 nitrogen and oxygen atoms in total. The molecule has 0 bridgehead atoms. The van der Waals surface area contributed by atoms with E-state index in [9.17, 15) is 4.39 Å². The Bertz CT molecular complexity index is 797. The first kappa shape index (κ1) is 14.2. The van der Waals surface area contributed by atoms with Gasteiger partial charge in [0.15, 0.2) is 0 Å². The van der Waals surface area contributed by atoms with Crippen LogP contribution in [0.1, 0.15) is 22.9 Å². The van der Waals surface area contributed by atoms with E-state index in [4.69, 9.17) is 5.73 Å². The van der Waals surface area contributed by atoms with E-state index in [1.54, 1.807) is 0 Å². The maximum Gasteiger partial charge on any atom is 0.123 e. The highest BCUT2D eigenvalue weighted by Gasteiger charge is 2.16. The third-order valence-corrected chi connectivity index (χ3v) is 4.06. The van der Waals surface area contributed by atoms with Gasteiger partial charge in [-0.2, -0.15) is 0 Å². The van der Waals surface area contributed by atoms with Gasteiger partial charge in [-0.05, 0) is 58.2 Å². The quantitative estimate of drug-likeness (QED) is 0.743. The Morgan fingerprint density at radius 3 is 2.67 bits per heavy atom. The minimum absolute atomic E-state index is 0.280. The molecule has 0 aliphatic heterocycles. The van der Waals surface area contributed by atoms with Crippen molar-refractivity contribution in [3.63, 3.8) is 0 Å². The molecule has 0 amide bonds. The van der Waals surface area contributed by atoms with Gasteiger partial charge in [0, 0.05) is 9.86 Å². The number of pyridine rings is 1. The minimum atomic E-state index is -0.474. The van der Waals surface area contributed by atoms with Gasteiger partial charge in [-0.15, -0.1) is 0 Å². The SMILES string of the molecule is Cc1cc(F)cc(C(N)c2nc3ccccc3cc2Br)c1. The summed E-state index contributed by atoms with van der Waals surface area (Å²) in [5, 5.41) is 1.04. The van der Waals surface area contributed by atoms with Gasteiger partial charge in [0.05, 0.1) is 17.3 Å². The molecule has 0 saturated heterocycles. The Labute approximate surface area is 130 Å². The fourth-order valence-corrected chi connectivity index (χ4v) is 3.01. The third kappa shape index (κ3) is 2.82. The van der Waals surface area contributed by atoms with Crippen LogP contribution in [0.4, 0.5) is 4.39 Å².